The number of carbonyl (C=O) groups excluding carboxylic acids is 2. The van der Waals surface area contributed by atoms with E-state index >= 15 is 0 Å². The van der Waals surface area contributed by atoms with Crippen molar-refractivity contribution in [3.05, 3.63) is 0 Å². The van der Waals surface area contributed by atoms with Crippen LogP contribution in [0.4, 0.5) is 4.79 Å². The third-order valence-electron chi connectivity index (χ3n) is 5.36. The molecule has 0 aromatic heterocycles. The minimum Gasteiger partial charge on any atom is -0.444 e. The van der Waals surface area contributed by atoms with Gasteiger partial charge < -0.3 is 20.1 Å². The maximum atomic E-state index is 12.9. The number of carbonyl (C=O) groups is 2. The first-order valence-corrected chi connectivity index (χ1v) is 10.3. The fourth-order valence-corrected chi connectivity index (χ4v) is 4.07. The topological polar surface area (TPSA) is 79.9 Å². The molecular formula is C20H37N3O4. The molecule has 156 valence electrons. The van der Waals surface area contributed by atoms with Gasteiger partial charge in [-0.2, -0.15) is 0 Å². The highest BCUT2D eigenvalue weighted by Crippen LogP contribution is 2.26. The van der Waals surface area contributed by atoms with Gasteiger partial charge in [-0.3, -0.25) is 9.69 Å². The summed E-state index contributed by atoms with van der Waals surface area (Å²) in [6.07, 6.45) is 3.89. The lowest BCUT2D eigenvalue weighted by Gasteiger charge is -2.41. The molecular weight excluding hydrogens is 346 g/mol. The van der Waals surface area contributed by atoms with E-state index in [1.807, 2.05) is 20.8 Å². The predicted octanol–water partition coefficient (Wildman–Crippen LogP) is 1.95. The van der Waals surface area contributed by atoms with Crippen LogP contribution in [-0.2, 0) is 14.3 Å². The third-order valence-corrected chi connectivity index (χ3v) is 5.36. The Labute approximate surface area is 163 Å². The first-order valence-electron chi connectivity index (χ1n) is 10.3. The highest BCUT2D eigenvalue weighted by atomic mass is 16.6. The molecule has 2 rings (SSSR count). The number of nitrogens with zero attached hydrogens (tertiary/aromatic N) is 1. The van der Waals surface area contributed by atoms with E-state index in [9.17, 15) is 9.59 Å². The standard InChI is InChI=1S/C20H37N3O4/c1-20(2,3)27-19(25)22-16-7-12-23(13-8-16)18(17(24)9-14-26-4)15-5-10-21-11-6-15/h15-16,18,21H,5-14H2,1-4H3,(H,22,25). The zero-order chi connectivity index (χ0) is 19.9. The number of rotatable bonds is 7. The summed E-state index contributed by atoms with van der Waals surface area (Å²) in [5.41, 5.74) is -0.487. The second-order valence-corrected chi connectivity index (χ2v) is 8.70. The molecule has 27 heavy (non-hydrogen) atoms. The molecule has 2 heterocycles. The summed E-state index contributed by atoms with van der Waals surface area (Å²) in [4.78, 5) is 27.2. The van der Waals surface area contributed by atoms with Crippen LogP contribution in [0.2, 0.25) is 0 Å². The fourth-order valence-electron chi connectivity index (χ4n) is 4.07. The number of amides is 1. The molecule has 2 N–H and O–H groups in total. The van der Waals surface area contributed by atoms with Crippen LogP contribution in [0.15, 0.2) is 0 Å². The molecule has 0 radical (unpaired) electrons. The Morgan fingerprint density at radius 3 is 2.33 bits per heavy atom. The summed E-state index contributed by atoms with van der Waals surface area (Å²) in [6, 6.07) is 0.0866. The van der Waals surface area contributed by atoms with Crippen molar-refractivity contribution in [3.63, 3.8) is 0 Å². The number of ketones is 1. The number of methoxy groups -OCH3 is 1. The maximum Gasteiger partial charge on any atom is 0.407 e. The van der Waals surface area contributed by atoms with Crippen molar-refractivity contribution in [2.45, 2.75) is 70.6 Å². The van der Waals surface area contributed by atoms with Crippen LogP contribution in [0.5, 0.6) is 0 Å². The van der Waals surface area contributed by atoms with Crippen molar-refractivity contribution >= 4 is 11.9 Å². The number of alkyl carbamates (subject to hydrolysis) is 1. The van der Waals surface area contributed by atoms with Crippen molar-refractivity contribution in [1.29, 1.82) is 0 Å². The van der Waals surface area contributed by atoms with Crippen LogP contribution in [0, 0.1) is 5.92 Å². The zero-order valence-corrected chi connectivity index (χ0v) is 17.4. The second kappa shape index (κ2) is 10.4. The normalized spacial score (nSPS) is 21.6. The highest BCUT2D eigenvalue weighted by molar-refractivity contribution is 5.84. The van der Waals surface area contributed by atoms with Gasteiger partial charge >= 0.3 is 6.09 Å². The summed E-state index contributed by atoms with van der Waals surface area (Å²) in [5, 5.41) is 6.36. The molecule has 1 unspecified atom stereocenters. The molecule has 2 aliphatic heterocycles. The van der Waals surface area contributed by atoms with Crippen LogP contribution >= 0.6 is 0 Å². The maximum absolute atomic E-state index is 12.9. The average molecular weight is 384 g/mol. The molecule has 2 fully saturated rings. The molecule has 7 nitrogen and oxygen atoms in total. The smallest absolute Gasteiger partial charge is 0.407 e. The van der Waals surface area contributed by atoms with Gasteiger partial charge in [-0.25, -0.2) is 4.79 Å². The van der Waals surface area contributed by atoms with Gasteiger partial charge in [0, 0.05) is 32.7 Å². The number of Topliss-reactive ketones (excluding diaryl/α,β-unsaturated/α-hetero) is 1. The first kappa shape index (κ1) is 22.1. The van der Waals surface area contributed by atoms with E-state index in [2.05, 4.69) is 15.5 Å². The van der Waals surface area contributed by atoms with Crippen molar-refractivity contribution in [1.82, 2.24) is 15.5 Å². The van der Waals surface area contributed by atoms with E-state index in [1.165, 1.54) is 0 Å². The zero-order valence-electron chi connectivity index (χ0n) is 17.4. The Balaban J connectivity index is 1.90. The minimum absolute atomic E-state index is 0.0234. The van der Waals surface area contributed by atoms with Gasteiger partial charge in [-0.15, -0.1) is 0 Å². The molecule has 0 aliphatic carbocycles. The third kappa shape index (κ3) is 7.39. The second-order valence-electron chi connectivity index (χ2n) is 8.70. The number of hydrogen-bond acceptors (Lipinski definition) is 6. The Bertz CT molecular complexity index is 478. The number of ether oxygens (including phenoxy) is 2. The quantitative estimate of drug-likeness (QED) is 0.699. The molecule has 2 aliphatic rings. The first-order chi connectivity index (χ1) is 12.8. The van der Waals surface area contributed by atoms with Crippen LogP contribution in [-0.4, -0.2) is 74.4 Å². The van der Waals surface area contributed by atoms with E-state index in [0.717, 1.165) is 51.9 Å². The minimum atomic E-state index is -0.487. The number of piperidine rings is 2. The van der Waals surface area contributed by atoms with Crippen LogP contribution in [0.1, 0.15) is 52.9 Å². The van der Waals surface area contributed by atoms with Gasteiger partial charge in [0.1, 0.15) is 5.60 Å². The largest absolute Gasteiger partial charge is 0.444 e. The molecule has 0 aromatic rings. The van der Waals surface area contributed by atoms with E-state index in [-0.39, 0.29) is 18.2 Å². The SMILES string of the molecule is COCCC(=O)C(C1CCNCC1)N1CCC(NC(=O)OC(C)(C)C)CC1. The van der Waals surface area contributed by atoms with Crippen molar-refractivity contribution in [2.75, 3.05) is 39.9 Å². The van der Waals surface area contributed by atoms with Gasteiger partial charge in [-0.1, -0.05) is 0 Å². The molecule has 7 heteroatoms. The summed E-state index contributed by atoms with van der Waals surface area (Å²) < 4.78 is 10.5. The lowest BCUT2D eigenvalue weighted by molar-refractivity contribution is -0.128. The lowest BCUT2D eigenvalue weighted by Crippen LogP contribution is -2.54. The van der Waals surface area contributed by atoms with Gasteiger partial charge in [0.25, 0.3) is 0 Å². The molecule has 0 saturated carbocycles. The predicted molar refractivity (Wildman–Crippen MR) is 105 cm³/mol. The van der Waals surface area contributed by atoms with Gasteiger partial charge in [0.2, 0.25) is 0 Å². The van der Waals surface area contributed by atoms with Crippen LogP contribution < -0.4 is 10.6 Å². The average Bonchev–Trinajstić information content (AvgIpc) is 2.61. The van der Waals surface area contributed by atoms with Crippen LogP contribution in [0.3, 0.4) is 0 Å². The van der Waals surface area contributed by atoms with Gasteiger partial charge in [0.15, 0.2) is 5.78 Å². The molecule has 2 saturated heterocycles. The van der Waals surface area contributed by atoms with Gasteiger partial charge in [-0.05, 0) is 65.5 Å². The molecule has 0 aromatic carbocycles. The Morgan fingerprint density at radius 1 is 1.15 bits per heavy atom. The molecule has 0 spiro atoms. The monoisotopic (exact) mass is 383 g/mol. The van der Waals surface area contributed by atoms with Gasteiger partial charge in [0.05, 0.1) is 12.6 Å². The van der Waals surface area contributed by atoms with Crippen molar-refractivity contribution in [3.8, 4) is 0 Å². The summed E-state index contributed by atoms with van der Waals surface area (Å²) >= 11 is 0. The van der Waals surface area contributed by atoms with Crippen molar-refractivity contribution in [2.24, 2.45) is 5.92 Å². The molecule has 1 amide bonds. The van der Waals surface area contributed by atoms with E-state index < -0.39 is 5.60 Å². The van der Waals surface area contributed by atoms with E-state index in [1.54, 1.807) is 7.11 Å². The number of likely N-dealkylation sites (tertiary alicyclic amines) is 1. The Hall–Kier alpha value is -1.18. The summed E-state index contributed by atoms with van der Waals surface area (Å²) in [7, 11) is 1.64. The fraction of sp³-hybridized carbons (Fsp3) is 0.900. The summed E-state index contributed by atoms with van der Waals surface area (Å²) in [6.45, 7) is 9.70. The van der Waals surface area contributed by atoms with E-state index in [0.29, 0.717) is 24.7 Å². The van der Waals surface area contributed by atoms with Crippen LogP contribution in [0.25, 0.3) is 0 Å². The Kier molecular flexibility index (Phi) is 8.51. The number of nitrogens with one attached hydrogen (secondary N) is 2. The summed E-state index contributed by atoms with van der Waals surface area (Å²) in [5.74, 6) is 0.702. The highest BCUT2D eigenvalue weighted by Gasteiger charge is 2.36. The van der Waals surface area contributed by atoms with E-state index in [4.69, 9.17) is 9.47 Å². The number of hydrogen-bond donors (Lipinski definition) is 2. The molecule has 1 atom stereocenters. The molecule has 0 bridgehead atoms. The van der Waals surface area contributed by atoms with Crippen molar-refractivity contribution < 1.29 is 19.1 Å². The Morgan fingerprint density at radius 2 is 1.78 bits per heavy atom. The lowest BCUT2D eigenvalue weighted by atomic mass is 9.84.